The summed E-state index contributed by atoms with van der Waals surface area (Å²) in [7, 11) is 0. The van der Waals surface area contributed by atoms with E-state index < -0.39 is 5.97 Å². The minimum atomic E-state index is -1.03. The maximum absolute atomic E-state index is 11.8. The summed E-state index contributed by atoms with van der Waals surface area (Å²) in [6, 6.07) is 0. The number of carbonyl (C=O) groups is 2. The van der Waals surface area contributed by atoms with Gasteiger partial charge < -0.3 is 10.4 Å². The third-order valence-electron chi connectivity index (χ3n) is 4.63. The van der Waals surface area contributed by atoms with Crippen molar-refractivity contribution in [3.63, 3.8) is 0 Å². The summed E-state index contributed by atoms with van der Waals surface area (Å²) in [4.78, 5) is 22.6. The van der Waals surface area contributed by atoms with Crippen molar-refractivity contribution in [1.29, 1.82) is 0 Å². The van der Waals surface area contributed by atoms with Gasteiger partial charge in [-0.05, 0) is 50.9 Å². The van der Waals surface area contributed by atoms with E-state index in [2.05, 4.69) is 5.32 Å². The summed E-state index contributed by atoms with van der Waals surface area (Å²) >= 11 is 0. The van der Waals surface area contributed by atoms with Crippen LogP contribution in [-0.2, 0) is 9.59 Å². The normalized spacial score (nSPS) is 31.1. The molecule has 0 aromatic heterocycles. The first kappa shape index (κ1) is 13.1. The second kappa shape index (κ2) is 5.12. The Morgan fingerprint density at radius 2 is 1.89 bits per heavy atom. The Labute approximate surface area is 107 Å². The first-order valence-corrected chi connectivity index (χ1v) is 6.68. The number of carboxylic acid groups (broad SMARTS) is 1. The molecular weight excluding hydrogens is 230 g/mol. The molecule has 2 aliphatic carbocycles. The minimum absolute atomic E-state index is 0.125. The van der Waals surface area contributed by atoms with Gasteiger partial charge in [0.05, 0.1) is 0 Å². The largest absolute Gasteiger partial charge is 0.478 e. The molecule has 2 aliphatic rings. The molecule has 1 amide bonds. The SMILES string of the molecule is CC(C(=O)O)=C(C)C(=O)NCC1CC2CCC1C2. The van der Waals surface area contributed by atoms with Crippen LogP contribution in [0.5, 0.6) is 0 Å². The topological polar surface area (TPSA) is 66.4 Å². The van der Waals surface area contributed by atoms with E-state index in [1.165, 1.54) is 32.6 Å². The Kier molecular flexibility index (Phi) is 3.73. The van der Waals surface area contributed by atoms with Crippen LogP contribution in [0.2, 0.25) is 0 Å². The van der Waals surface area contributed by atoms with Crippen molar-refractivity contribution in [2.75, 3.05) is 6.54 Å². The lowest BCUT2D eigenvalue weighted by molar-refractivity contribution is -0.133. The minimum Gasteiger partial charge on any atom is -0.478 e. The van der Waals surface area contributed by atoms with Crippen LogP contribution in [-0.4, -0.2) is 23.5 Å². The molecule has 0 aromatic carbocycles. The molecule has 2 rings (SSSR count). The molecule has 4 nitrogen and oxygen atoms in total. The van der Waals surface area contributed by atoms with Crippen molar-refractivity contribution in [3.8, 4) is 0 Å². The van der Waals surface area contributed by atoms with Crippen molar-refractivity contribution < 1.29 is 14.7 Å². The van der Waals surface area contributed by atoms with Gasteiger partial charge in [-0.15, -0.1) is 0 Å². The number of fused-ring (bicyclic) bond motifs is 2. The van der Waals surface area contributed by atoms with Crippen LogP contribution in [0.3, 0.4) is 0 Å². The van der Waals surface area contributed by atoms with Crippen LogP contribution in [0.4, 0.5) is 0 Å². The van der Waals surface area contributed by atoms with Crippen LogP contribution in [0, 0.1) is 17.8 Å². The Bertz CT molecular complexity index is 400. The van der Waals surface area contributed by atoms with E-state index >= 15 is 0 Å². The third kappa shape index (κ3) is 2.57. The molecule has 0 heterocycles. The Morgan fingerprint density at radius 3 is 2.39 bits per heavy atom. The predicted octanol–water partition coefficient (Wildman–Crippen LogP) is 1.96. The van der Waals surface area contributed by atoms with Crippen molar-refractivity contribution >= 4 is 11.9 Å². The number of carbonyl (C=O) groups excluding carboxylic acids is 1. The number of carboxylic acids is 1. The van der Waals surface area contributed by atoms with E-state index in [-0.39, 0.29) is 11.5 Å². The molecule has 4 heteroatoms. The van der Waals surface area contributed by atoms with Gasteiger partial charge in [-0.3, -0.25) is 4.79 Å². The van der Waals surface area contributed by atoms with Crippen molar-refractivity contribution in [1.82, 2.24) is 5.32 Å². The van der Waals surface area contributed by atoms with Crippen LogP contribution in [0.15, 0.2) is 11.1 Å². The van der Waals surface area contributed by atoms with E-state index in [1.54, 1.807) is 6.92 Å². The molecule has 0 radical (unpaired) electrons. The fourth-order valence-electron chi connectivity index (χ4n) is 3.31. The molecule has 0 aliphatic heterocycles. The van der Waals surface area contributed by atoms with Gasteiger partial charge in [-0.1, -0.05) is 6.42 Å². The van der Waals surface area contributed by atoms with Gasteiger partial charge >= 0.3 is 5.97 Å². The average molecular weight is 251 g/mol. The van der Waals surface area contributed by atoms with Crippen LogP contribution in [0.1, 0.15) is 39.5 Å². The molecular formula is C14H21NO3. The maximum atomic E-state index is 11.8. The molecule has 2 N–H and O–H groups in total. The summed E-state index contributed by atoms with van der Waals surface area (Å²) in [5, 5.41) is 11.7. The lowest BCUT2D eigenvalue weighted by Crippen LogP contribution is -2.32. The Morgan fingerprint density at radius 1 is 1.17 bits per heavy atom. The first-order valence-electron chi connectivity index (χ1n) is 6.68. The van der Waals surface area contributed by atoms with Crippen molar-refractivity contribution in [3.05, 3.63) is 11.1 Å². The fraction of sp³-hybridized carbons (Fsp3) is 0.714. The first-order chi connectivity index (χ1) is 8.49. The van der Waals surface area contributed by atoms with Gasteiger partial charge in [0.1, 0.15) is 0 Å². The zero-order valence-electron chi connectivity index (χ0n) is 11.0. The molecule has 2 saturated carbocycles. The summed E-state index contributed by atoms with van der Waals surface area (Å²) in [5.74, 6) is 0.986. The second-order valence-corrected chi connectivity index (χ2v) is 5.70. The van der Waals surface area contributed by atoms with E-state index in [4.69, 9.17) is 5.11 Å². The van der Waals surface area contributed by atoms with Gasteiger partial charge in [0.15, 0.2) is 0 Å². The number of rotatable bonds is 4. The molecule has 2 bridgehead atoms. The lowest BCUT2D eigenvalue weighted by atomic mass is 9.89. The highest BCUT2D eigenvalue weighted by Gasteiger charge is 2.39. The zero-order chi connectivity index (χ0) is 13.3. The second-order valence-electron chi connectivity index (χ2n) is 5.70. The highest BCUT2D eigenvalue weighted by Crippen LogP contribution is 2.47. The number of aliphatic carboxylic acids is 1. The number of nitrogens with one attached hydrogen (secondary N) is 1. The Hall–Kier alpha value is -1.32. The molecule has 18 heavy (non-hydrogen) atoms. The molecule has 3 atom stereocenters. The Balaban J connectivity index is 1.85. The monoisotopic (exact) mass is 251 g/mol. The lowest BCUT2D eigenvalue weighted by Gasteiger charge is -2.22. The molecule has 0 spiro atoms. The van der Waals surface area contributed by atoms with E-state index in [0.29, 0.717) is 18.0 Å². The van der Waals surface area contributed by atoms with Gasteiger partial charge in [0.25, 0.3) is 0 Å². The van der Waals surface area contributed by atoms with E-state index in [1.807, 2.05) is 0 Å². The molecule has 2 fully saturated rings. The molecule has 0 saturated heterocycles. The van der Waals surface area contributed by atoms with Gasteiger partial charge in [0.2, 0.25) is 5.91 Å². The summed E-state index contributed by atoms with van der Waals surface area (Å²) in [6.45, 7) is 3.73. The highest BCUT2D eigenvalue weighted by molar-refractivity contribution is 6.01. The van der Waals surface area contributed by atoms with Crippen LogP contribution in [0.25, 0.3) is 0 Å². The van der Waals surface area contributed by atoms with Crippen molar-refractivity contribution in [2.24, 2.45) is 17.8 Å². The number of hydrogen-bond donors (Lipinski definition) is 2. The van der Waals surface area contributed by atoms with Gasteiger partial charge in [-0.25, -0.2) is 4.79 Å². The summed E-state index contributed by atoms with van der Waals surface area (Å²) < 4.78 is 0. The molecule has 3 unspecified atom stereocenters. The zero-order valence-corrected chi connectivity index (χ0v) is 11.0. The van der Waals surface area contributed by atoms with Crippen LogP contribution < -0.4 is 5.32 Å². The predicted molar refractivity (Wildman–Crippen MR) is 68.0 cm³/mol. The summed E-state index contributed by atoms with van der Waals surface area (Å²) in [6.07, 6.45) is 5.20. The standard InChI is InChI=1S/C14H21NO3/c1-8(9(2)14(17)18)13(16)15-7-12-6-10-3-4-11(12)5-10/h10-12H,3-7H2,1-2H3,(H,15,16)(H,17,18). The smallest absolute Gasteiger partial charge is 0.331 e. The number of hydrogen-bond acceptors (Lipinski definition) is 2. The van der Waals surface area contributed by atoms with Crippen LogP contribution >= 0.6 is 0 Å². The van der Waals surface area contributed by atoms with Crippen molar-refractivity contribution in [2.45, 2.75) is 39.5 Å². The highest BCUT2D eigenvalue weighted by atomic mass is 16.4. The van der Waals surface area contributed by atoms with E-state index in [0.717, 1.165) is 11.8 Å². The molecule has 100 valence electrons. The van der Waals surface area contributed by atoms with E-state index in [9.17, 15) is 9.59 Å². The average Bonchev–Trinajstić information content (AvgIpc) is 2.95. The number of amides is 1. The van der Waals surface area contributed by atoms with Gasteiger partial charge in [-0.2, -0.15) is 0 Å². The summed E-state index contributed by atoms with van der Waals surface area (Å²) in [5.41, 5.74) is 0.436. The maximum Gasteiger partial charge on any atom is 0.331 e. The molecule has 0 aromatic rings. The fourth-order valence-corrected chi connectivity index (χ4v) is 3.31. The quantitative estimate of drug-likeness (QED) is 0.751. The third-order valence-corrected chi connectivity index (χ3v) is 4.63. The van der Waals surface area contributed by atoms with Gasteiger partial charge in [0, 0.05) is 17.7 Å².